The summed E-state index contributed by atoms with van der Waals surface area (Å²) in [7, 11) is 0. The second-order valence-corrected chi connectivity index (χ2v) is 2.40. The molecule has 0 fully saturated rings. The lowest BCUT2D eigenvalue weighted by Crippen LogP contribution is -2.06. The SMILES string of the molecule is C=CCOC(=O)OSOC(=O)OCC=C. The molecule has 0 saturated heterocycles. The standard InChI is InChI=1S/C8H10O6S/c1-3-5-11-7(9)13-15-14-8(10)12-6-4-2/h3-4H,1-2,5-6H2. The van der Waals surface area contributed by atoms with E-state index >= 15 is 0 Å². The maximum Gasteiger partial charge on any atom is 0.523 e. The number of carbonyl (C=O) groups is 2. The molecule has 0 aliphatic carbocycles. The minimum atomic E-state index is -0.989. The Balaban J connectivity index is 3.43. The second-order valence-electron chi connectivity index (χ2n) is 1.93. The molecule has 0 rings (SSSR count). The fraction of sp³-hybridized carbons (Fsp3) is 0.250. The first-order valence-corrected chi connectivity index (χ1v) is 4.44. The predicted molar refractivity (Wildman–Crippen MR) is 52.9 cm³/mol. The molecular formula is C8H10O6S. The van der Waals surface area contributed by atoms with Crippen LogP contribution in [-0.4, -0.2) is 25.5 Å². The summed E-state index contributed by atoms with van der Waals surface area (Å²) in [6.07, 6.45) is 0.754. The highest BCUT2D eigenvalue weighted by molar-refractivity contribution is 7.90. The Morgan fingerprint density at radius 2 is 1.40 bits per heavy atom. The van der Waals surface area contributed by atoms with E-state index in [2.05, 4.69) is 31.0 Å². The fourth-order valence-electron chi connectivity index (χ4n) is 0.375. The third-order valence-corrected chi connectivity index (χ3v) is 1.25. The van der Waals surface area contributed by atoms with Crippen LogP contribution in [0.2, 0.25) is 0 Å². The van der Waals surface area contributed by atoms with Crippen molar-refractivity contribution < 1.29 is 27.4 Å². The summed E-state index contributed by atoms with van der Waals surface area (Å²) in [5, 5.41) is 0. The molecule has 0 atom stereocenters. The number of ether oxygens (including phenoxy) is 2. The van der Waals surface area contributed by atoms with Crippen LogP contribution in [0.4, 0.5) is 9.59 Å². The van der Waals surface area contributed by atoms with Crippen LogP contribution in [0.3, 0.4) is 0 Å². The highest BCUT2D eigenvalue weighted by atomic mass is 32.2. The zero-order valence-corrected chi connectivity index (χ0v) is 8.66. The number of hydrogen-bond donors (Lipinski definition) is 0. The summed E-state index contributed by atoms with van der Waals surface area (Å²) in [4.78, 5) is 21.3. The minimum absolute atomic E-state index is 0.0142. The van der Waals surface area contributed by atoms with Gasteiger partial charge in [-0.25, -0.2) is 9.59 Å². The molecule has 0 N–H and O–H groups in total. The van der Waals surface area contributed by atoms with Crippen LogP contribution in [0, 0.1) is 0 Å². The van der Waals surface area contributed by atoms with Crippen molar-refractivity contribution in [3.8, 4) is 0 Å². The topological polar surface area (TPSA) is 71.1 Å². The predicted octanol–water partition coefficient (Wildman–Crippen LogP) is 2.23. The van der Waals surface area contributed by atoms with Crippen molar-refractivity contribution in [1.29, 1.82) is 0 Å². The van der Waals surface area contributed by atoms with Crippen molar-refractivity contribution in [2.24, 2.45) is 0 Å². The number of carbonyl (C=O) groups excluding carboxylic acids is 2. The molecule has 0 aliphatic heterocycles. The van der Waals surface area contributed by atoms with Gasteiger partial charge in [0.1, 0.15) is 13.2 Å². The van der Waals surface area contributed by atoms with E-state index in [1.807, 2.05) is 0 Å². The fourth-order valence-corrected chi connectivity index (χ4v) is 0.616. The zero-order chi connectivity index (χ0) is 11.5. The van der Waals surface area contributed by atoms with Gasteiger partial charge in [0.2, 0.25) is 0 Å². The molecule has 0 amide bonds. The van der Waals surface area contributed by atoms with E-state index in [1.54, 1.807) is 0 Å². The van der Waals surface area contributed by atoms with Gasteiger partial charge in [0.15, 0.2) is 0 Å². The van der Waals surface area contributed by atoms with Crippen molar-refractivity contribution in [2.75, 3.05) is 13.2 Å². The van der Waals surface area contributed by atoms with E-state index < -0.39 is 12.3 Å². The summed E-state index contributed by atoms with van der Waals surface area (Å²) >= 11 is 0.153. The minimum Gasteiger partial charge on any atom is -0.429 e. The summed E-state index contributed by atoms with van der Waals surface area (Å²) in [5.41, 5.74) is 0. The maximum absolute atomic E-state index is 10.6. The number of hydrogen-bond acceptors (Lipinski definition) is 7. The van der Waals surface area contributed by atoms with Gasteiger partial charge < -0.3 is 17.8 Å². The summed E-state index contributed by atoms with van der Waals surface area (Å²) in [5.74, 6) is 0. The smallest absolute Gasteiger partial charge is 0.429 e. The van der Waals surface area contributed by atoms with E-state index in [1.165, 1.54) is 12.2 Å². The first-order chi connectivity index (χ1) is 7.20. The Hall–Kier alpha value is -1.63. The molecule has 0 heterocycles. The van der Waals surface area contributed by atoms with Gasteiger partial charge in [-0.1, -0.05) is 25.3 Å². The lowest BCUT2D eigenvalue weighted by molar-refractivity contribution is 0.102. The van der Waals surface area contributed by atoms with Gasteiger partial charge >= 0.3 is 24.6 Å². The van der Waals surface area contributed by atoms with Crippen LogP contribution in [0.1, 0.15) is 0 Å². The summed E-state index contributed by atoms with van der Waals surface area (Å²) < 4.78 is 17.3. The number of rotatable bonds is 6. The van der Waals surface area contributed by atoms with E-state index in [0.717, 1.165) is 0 Å². The van der Waals surface area contributed by atoms with E-state index in [-0.39, 0.29) is 25.5 Å². The Morgan fingerprint density at radius 1 is 1.00 bits per heavy atom. The normalized spacial score (nSPS) is 8.53. The van der Waals surface area contributed by atoms with Crippen LogP contribution in [-0.2, 0) is 17.8 Å². The lowest BCUT2D eigenvalue weighted by atomic mass is 10.7. The molecule has 84 valence electrons. The third kappa shape index (κ3) is 8.69. The highest BCUT2D eigenvalue weighted by Crippen LogP contribution is 2.07. The highest BCUT2D eigenvalue weighted by Gasteiger charge is 2.09. The van der Waals surface area contributed by atoms with Crippen LogP contribution >= 0.6 is 12.3 Å². The molecule has 0 radical (unpaired) electrons. The van der Waals surface area contributed by atoms with Crippen LogP contribution < -0.4 is 0 Å². The van der Waals surface area contributed by atoms with E-state index in [9.17, 15) is 9.59 Å². The van der Waals surface area contributed by atoms with Crippen LogP contribution in [0.15, 0.2) is 25.3 Å². The van der Waals surface area contributed by atoms with Crippen molar-refractivity contribution in [3.63, 3.8) is 0 Å². The molecule has 0 spiro atoms. The quantitative estimate of drug-likeness (QED) is 0.396. The molecule has 6 nitrogen and oxygen atoms in total. The molecule has 0 saturated carbocycles. The first kappa shape index (κ1) is 13.4. The molecule has 0 unspecified atom stereocenters. The zero-order valence-electron chi connectivity index (χ0n) is 7.84. The molecule has 0 aromatic heterocycles. The molecule has 0 aromatic rings. The lowest BCUT2D eigenvalue weighted by Gasteiger charge is -2.02. The Bertz CT molecular complexity index is 215. The molecular weight excluding hydrogens is 224 g/mol. The third-order valence-electron chi connectivity index (χ3n) is 0.842. The Kier molecular flexibility index (Phi) is 7.97. The van der Waals surface area contributed by atoms with Gasteiger partial charge in [-0.2, -0.15) is 0 Å². The van der Waals surface area contributed by atoms with Gasteiger partial charge in [0.05, 0.1) is 0 Å². The van der Waals surface area contributed by atoms with E-state index in [4.69, 9.17) is 0 Å². The molecule has 0 aromatic carbocycles. The van der Waals surface area contributed by atoms with Gasteiger partial charge in [0, 0.05) is 0 Å². The maximum atomic E-state index is 10.6. The molecule has 0 bridgehead atoms. The average Bonchev–Trinajstić information content (AvgIpc) is 2.23. The van der Waals surface area contributed by atoms with Crippen LogP contribution in [0.25, 0.3) is 0 Å². The Labute approximate surface area is 91.2 Å². The van der Waals surface area contributed by atoms with Crippen molar-refractivity contribution in [2.45, 2.75) is 0 Å². The second kappa shape index (κ2) is 8.95. The van der Waals surface area contributed by atoms with Crippen molar-refractivity contribution >= 4 is 24.6 Å². The average molecular weight is 234 g/mol. The van der Waals surface area contributed by atoms with Crippen molar-refractivity contribution in [3.05, 3.63) is 25.3 Å². The van der Waals surface area contributed by atoms with Crippen molar-refractivity contribution in [1.82, 2.24) is 0 Å². The van der Waals surface area contributed by atoms with Gasteiger partial charge in [-0.3, -0.25) is 0 Å². The van der Waals surface area contributed by atoms with Gasteiger partial charge in [0.25, 0.3) is 0 Å². The van der Waals surface area contributed by atoms with Gasteiger partial charge in [-0.05, 0) is 0 Å². The molecule has 0 aliphatic rings. The van der Waals surface area contributed by atoms with Crippen LogP contribution in [0.5, 0.6) is 0 Å². The van der Waals surface area contributed by atoms with E-state index in [0.29, 0.717) is 0 Å². The monoisotopic (exact) mass is 234 g/mol. The van der Waals surface area contributed by atoms with Gasteiger partial charge in [-0.15, -0.1) is 0 Å². The molecule has 15 heavy (non-hydrogen) atoms. The largest absolute Gasteiger partial charge is 0.523 e. The Morgan fingerprint density at radius 3 is 1.73 bits per heavy atom. The summed E-state index contributed by atoms with van der Waals surface area (Å²) in [6.45, 7) is 6.67. The molecule has 7 heteroatoms. The summed E-state index contributed by atoms with van der Waals surface area (Å²) in [6, 6.07) is 0. The first-order valence-electron chi connectivity index (χ1n) is 3.77.